The maximum atomic E-state index is 13.2. The lowest BCUT2D eigenvalue weighted by Gasteiger charge is -2.31. The van der Waals surface area contributed by atoms with E-state index < -0.39 is 30.3 Å². The molecule has 1 aromatic heterocycles. The topological polar surface area (TPSA) is 122 Å². The van der Waals surface area contributed by atoms with Gasteiger partial charge in [0.25, 0.3) is 25.8 Å². The first-order chi connectivity index (χ1) is 19.3. The lowest BCUT2D eigenvalue weighted by atomic mass is 10.1. The zero-order valence-corrected chi connectivity index (χ0v) is 24.3. The Kier molecular flexibility index (Phi) is 9.43. The van der Waals surface area contributed by atoms with Crippen molar-refractivity contribution in [2.24, 2.45) is 0 Å². The van der Waals surface area contributed by atoms with Gasteiger partial charge in [-0.3, -0.25) is 4.79 Å². The van der Waals surface area contributed by atoms with Crippen molar-refractivity contribution in [1.82, 2.24) is 14.9 Å². The third kappa shape index (κ3) is 7.27. The van der Waals surface area contributed by atoms with Crippen LogP contribution in [0.4, 0.5) is 13.2 Å². The Morgan fingerprint density at radius 1 is 1.00 bits per heavy atom. The molecule has 0 bridgehead atoms. The summed E-state index contributed by atoms with van der Waals surface area (Å²) in [6.07, 6.45) is 1.04. The van der Waals surface area contributed by atoms with Crippen LogP contribution in [0.15, 0.2) is 69.8 Å². The van der Waals surface area contributed by atoms with Crippen molar-refractivity contribution in [2.45, 2.75) is 46.6 Å². The van der Waals surface area contributed by atoms with E-state index >= 15 is 0 Å². The van der Waals surface area contributed by atoms with Gasteiger partial charge in [-0.15, -0.1) is 11.3 Å². The van der Waals surface area contributed by atoms with Gasteiger partial charge in [-0.25, -0.2) is 16.8 Å². The minimum atomic E-state index is -5.40. The largest absolute Gasteiger partial charge is 0.501 e. The molecule has 2 N–H and O–H groups in total. The summed E-state index contributed by atoms with van der Waals surface area (Å²) in [4.78, 5) is 12.3. The van der Waals surface area contributed by atoms with Crippen molar-refractivity contribution in [1.29, 1.82) is 0 Å². The highest BCUT2D eigenvalue weighted by Crippen LogP contribution is 2.30. The van der Waals surface area contributed by atoms with Gasteiger partial charge in [0.15, 0.2) is 0 Å². The van der Waals surface area contributed by atoms with E-state index in [-0.39, 0.29) is 35.8 Å². The Hall–Kier alpha value is -2.98. The number of benzene rings is 2. The monoisotopic (exact) mass is 631 g/mol. The molecule has 1 aliphatic rings. The van der Waals surface area contributed by atoms with Crippen LogP contribution in [-0.4, -0.2) is 58.8 Å². The molecule has 2 aromatic carbocycles. The highest BCUT2D eigenvalue weighted by atomic mass is 32.2. The summed E-state index contributed by atoms with van der Waals surface area (Å²) < 4.78 is 94.2. The maximum absolute atomic E-state index is 13.2. The molecule has 0 aliphatic carbocycles. The third-order valence-electron chi connectivity index (χ3n) is 6.57. The van der Waals surface area contributed by atoms with Crippen LogP contribution in [0, 0.1) is 0 Å². The second kappa shape index (κ2) is 12.5. The van der Waals surface area contributed by atoms with Crippen molar-refractivity contribution >= 4 is 37.1 Å². The molecule has 4 rings (SSSR count). The number of sulfonamides is 1. The second-order valence-electron chi connectivity index (χ2n) is 9.29. The van der Waals surface area contributed by atoms with Crippen molar-refractivity contribution in [3.8, 4) is 5.75 Å². The number of hydrogen-bond acceptors (Lipinski definition) is 8. The molecule has 0 saturated carbocycles. The predicted octanol–water partition coefficient (Wildman–Crippen LogP) is 3.92. The minimum absolute atomic E-state index is 0.0224. The van der Waals surface area contributed by atoms with Crippen LogP contribution in [0.2, 0.25) is 0 Å². The van der Waals surface area contributed by atoms with Crippen LogP contribution in [0.25, 0.3) is 0 Å². The van der Waals surface area contributed by atoms with E-state index in [4.69, 9.17) is 4.74 Å². The molecule has 0 atom stereocenters. The molecule has 1 amide bonds. The van der Waals surface area contributed by atoms with Gasteiger partial charge in [0.2, 0.25) is 0 Å². The molecule has 1 saturated heterocycles. The number of rotatable bonds is 10. The number of amides is 1. The number of halogens is 3. The average molecular weight is 632 g/mol. The number of alkyl halides is 3. The van der Waals surface area contributed by atoms with Gasteiger partial charge in [-0.05, 0) is 60.9 Å². The predicted molar refractivity (Wildman–Crippen MR) is 147 cm³/mol. The fraction of sp³-hybridized carbons (Fsp3) is 0.346. The highest BCUT2D eigenvalue weighted by molar-refractivity contribution is 7.92. The zero-order valence-electron chi connectivity index (χ0n) is 21.8. The number of hydrogen-bond donors (Lipinski definition) is 2. The molecule has 0 spiro atoms. The van der Waals surface area contributed by atoms with Gasteiger partial charge >= 0.3 is 5.51 Å². The van der Waals surface area contributed by atoms with Gasteiger partial charge < -0.3 is 15.4 Å². The van der Waals surface area contributed by atoms with Crippen LogP contribution < -0.4 is 15.4 Å². The fourth-order valence-corrected chi connectivity index (χ4v) is 7.92. The Morgan fingerprint density at radius 3 is 2.32 bits per heavy atom. The van der Waals surface area contributed by atoms with E-state index in [0.717, 1.165) is 23.5 Å². The van der Waals surface area contributed by atoms with Gasteiger partial charge in [-0.2, -0.15) is 17.5 Å². The molecule has 222 valence electrons. The first kappa shape index (κ1) is 31.0. The van der Waals surface area contributed by atoms with Gasteiger partial charge in [-0.1, -0.05) is 18.2 Å². The molecule has 1 aliphatic heterocycles. The number of thiophene rings is 1. The molecule has 15 heteroatoms. The lowest BCUT2D eigenvalue weighted by molar-refractivity contribution is -0.0436. The van der Waals surface area contributed by atoms with E-state index in [2.05, 4.69) is 10.6 Å². The van der Waals surface area contributed by atoms with Crippen LogP contribution in [0.5, 0.6) is 5.75 Å². The zero-order chi connectivity index (χ0) is 29.8. The van der Waals surface area contributed by atoms with Crippen LogP contribution in [0.3, 0.4) is 0 Å². The Labute approximate surface area is 240 Å². The average Bonchev–Trinajstić information content (AvgIpc) is 3.45. The van der Waals surface area contributed by atoms with Crippen molar-refractivity contribution in [2.75, 3.05) is 20.2 Å². The first-order valence-corrected chi connectivity index (χ1v) is 16.2. The molecule has 1 fully saturated rings. The SMILES string of the molecule is COc1cccc(C(=O)NCc2ccc(S(=O)(=O)N3CCC(NCc4ccc(S(=O)(=O)C(F)(F)F)cc4)CC3)s2)c1. The number of nitrogens with zero attached hydrogens (tertiary/aromatic N) is 1. The number of sulfone groups is 1. The Morgan fingerprint density at radius 2 is 1.68 bits per heavy atom. The normalized spacial score (nSPS) is 15.5. The fourth-order valence-electron chi connectivity index (χ4n) is 4.24. The lowest BCUT2D eigenvalue weighted by Crippen LogP contribution is -2.44. The molecular formula is C26H28F3N3O6S3. The maximum Gasteiger partial charge on any atom is 0.501 e. The number of ether oxygens (including phenoxy) is 1. The summed E-state index contributed by atoms with van der Waals surface area (Å²) in [5.74, 6) is 0.246. The quantitative estimate of drug-likeness (QED) is 0.348. The standard InChI is InChI=1S/C26H28F3N3O6S3/c1-38-21-4-2-3-19(15-21)25(33)31-17-22-7-10-24(39-22)41(36,37)32-13-11-20(12-14-32)30-16-18-5-8-23(9-6-18)40(34,35)26(27,28)29/h2-10,15,20,30H,11-14,16-17H2,1H3,(H,31,33). The van der Waals surface area contributed by atoms with E-state index in [1.165, 1.54) is 29.6 Å². The van der Waals surface area contributed by atoms with Crippen LogP contribution in [0.1, 0.15) is 33.6 Å². The summed E-state index contributed by atoms with van der Waals surface area (Å²) >= 11 is 1.09. The summed E-state index contributed by atoms with van der Waals surface area (Å²) in [5, 5.41) is 6.03. The second-order valence-corrected chi connectivity index (χ2v) is 14.6. The Balaban J connectivity index is 1.27. The molecule has 3 aromatic rings. The van der Waals surface area contributed by atoms with Gasteiger partial charge in [0.05, 0.1) is 18.6 Å². The summed E-state index contributed by atoms with van der Waals surface area (Å²) in [6.45, 7) is 1.02. The first-order valence-electron chi connectivity index (χ1n) is 12.5. The third-order valence-corrected chi connectivity index (χ3v) is 11.5. The van der Waals surface area contributed by atoms with E-state index in [0.29, 0.717) is 41.1 Å². The summed E-state index contributed by atoms with van der Waals surface area (Å²) in [6, 6.07) is 14.4. The van der Waals surface area contributed by atoms with Crippen LogP contribution >= 0.6 is 11.3 Å². The smallest absolute Gasteiger partial charge is 0.497 e. The van der Waals surface area contributed by atoms with Gasteiger partial charge in [0, 0.05) is 36.1 Å². The van der Waals surface area contributed by atoms with Crippen LogP contribution in [-0.2, 0) is 33.0 Å². The molecule has 9 nitrogen and oxygen atoms in total. The molecular weight excluding hydrogens is 603 g/mol. The molecule has 0 radical (unpaired) electrons. The number of carbonyl (C=O) groups excluding carboxylic acids is 1. The van der Waals surface area contributed by atoms with Crippen molar-refractivity contribution in [3.63, 3.8) is 0 Å². The number of carbonyl (C=O) groups is 1. The summed E-state index contributed by atoms with van der Waals surface area (Å²) in [7, 11) is -7.60. The van der Waals surface area contributed by atoms with E-state index in [1.807, 2.05) is 0 Å². The van der Waals surface area contributed by atoms with Gasteiger partial charge in [0.1, 0.15) is 9.96 Å². The van der Waals surface area contributed by atoms with Crippen molar-refractivity contribution in [3.05, 3.63) is 76.7 Å². The van der Waals surface area contributed by atoms with Crippen molar-refractivity contribution < 1.29 is 39.5 Å². The van der Waals surface area contributed by atoms with E-state index in [9.17, 15) is 34.8 Å². The molecule has 0 unspecified atom stereocenters. The van der Waals surface area contributed by atoms with E-state index in [1.54, 1.807) is 30.3 Å². The number of piperidine rings is 1. The number of methoxy groups -OCH3 is 1. The molecule has 41 heavy (non-hydrogen) atoms. The molecule has 2 heterocycles. The number of nitrogens with one attached hydrogen (secondary N) is 2. The minimum Gasteiger partial charge on any atom is -0.497 e. The highest BCUT2D eigenvalue weighted by Gasteiger charge is 2.46. The summed E-state index contributed by atoms with van der Waals surface area (Å²) in [5.41, 5.74) is -4.33. The Bertz CT molecular complexity index is 1580.